The van der Waals surface area contributed by atoms with Gasteiger partial charge >= 0.3 is 6.03 Å². The Kier molecular flexibility index (Phi) is 4.29. The summed E-state index contributed by atoms with van der Waals surface area (Å²) < 4.78 is 5.45. The van der Waals surface area contributed by atoms with Gasteiger partial charge in [-0.1, -0.05) is 18.2 Å². The highest BCUT2D eigenvalue weighted by Gasteiger charge is 2.46. The minimum Gasteiger partial charge on any atom is -0.491 e. The van der Waals surface area contributed by atoms with Gasteiger partial charge in [0.2, 0.25) is 0 Å². The number of imide groups is 1. The van der Waals surface area contributed by atoms with Gasteiger partial charge in [-0.3, -0.25) is 9.69 Å². The predicted molar refractivity (Wildman–Crippen MR) is 79.4 cm³/mol. The molecule has 0 unspecified atom stereocenters. The molecule has 2 heterocycles. The lowest BCUT2D eigenvalue weighted by Gasteiger charge is -2.26. The number of benzene rings is 1. The van der Waals surface area contributed by atoms with Crippen LogP contribution in [0.15, 0.2) is 30.3 Å². The van der Waals surface area contributed by atoms with Gasteiger partial charge in [0.15, 0.2) is 0 Å². The van der Waals surface area contributed by atoms with Crippen LogP contribution in [0, 0.1) is 0 Å². The Balaban J connectivity index is 1.56. The van der Waals surface area contributed by atoms with E-state index < -0.39 is 6.10 Å². The molecule has 0 aromatic heterocycles. The van der Waals surface area contributed by atoms with Crippen LogP contribution in [-0.4, -0.2) is 58.7 Å². The SMILES string of the molecule is O=C1[C@@H]2CCCCN2C(=O)N1C[C@H](O)COc1ccccc1. The van der Waals surface area contributed by atoms with Crippen LogP contribution in [0.2, 0.25) is 0 Å². The molecule has 3 rings (SSSR count). The number of carbonyl (C=O) groups is 2. The number of hydrogen-bond acceptors (Lipinski definition) is 4. The van der Waals surface area contributed by atoms with E-state index in [-0.39, 0.29) is 31.1 Å². The number of fused-ring (bicyclic) bond motifs is 1. The summed E-state index contributed by atoms with van der Waals surface area (Å²) in [6, 6.07) is 8.52. The van der Waals surface area contributed by atoms with E-state index in [4.69, 9.17) is 4.74 Å². The zero-order chi connectivity index (χ0) is 15.5. The Morgan fingerprint density at radius 2 is 2.00 bits per heavy atom. The van der Waals surface area contributed by atoms with Gasteiger partial charge in [-0.05, 0) is 31.4 Å². The summed E-state index contributed by atoms with van der Waals surface area (Å²) in [7, 11) is 0. The van der Waals surface area contributed by atoms with Gasteiger partial charge in [-0.2, -0.15) is 0 Å². The Hall–Kier alpha value is -2.08. The zero-order valence-electron chi connectivity index (χ0n) is 12.4. The fourth-order valence-corrected chi connectivity index (χ4v) is 2.99. The third-order valence-electron chi connectivity index (χ3n) is 4.11. The topological polar surface area (TPSA) is 70.1 Å². The number of β-amino-alcohol motifs (C(OH)–C–C–N with tert-alkyl or cyclic N) is 1. The highest BCUT2D eigenvalue weighted by atomic mass is 16.5. The summed E-state index contributed by atoms with van der Waals surface area (Å²) in [5, 5.41) is 10.1. The van der Waals surface area contributed by atoms with Crippen molar-refractivity contribution < 1.29 is 19.4 Å². The molecule has 0 radical (unpaired) electrons. The summed E-state index contributed by atoms with van der Waals surface area (Å²) in [5.74, 6) is 0.460. The maximum absolute atomic E-state index is 12.3. The van der Waals surface area contributed by atoms with Crippen molar-refractivity contribution in [1.82, 2.24) is 9.80 Å². The van der Waals surface area contributed by atoms with E-state index >= 15 is 0 Å². The number of aliphatic hydroxyl groups is 1. The maximum Gasteiger partial charge on any atom is 0.327 e. The van der Waals surface area contributed by atoms with Crippen molar-refractivity contribution in [3.05, 3.63) is 30.3 Å². The number of carbonyl (C=O) groups excluding carboxylic acids is 2. The number of hydrogen-bond donors (Lipinski definition) is 1. The molecule has 1 aromatic rings. The maximum atomic E-state index is 12.3. The van der Waals surface area contributed by atoms with Crippen molar-refractivity contribution in [3.63, 3.8) is 0 Å². The zero-order valence-corrected chi connectivity index (χ0v) is 12.4. The van der Waals surface area contributed by atoms with Gasteiger partial charge in [0.25, 0.3) is 5.91 Å². The number of para-hydroxylation sites is 1. The second kappa shape index (κ2) is 6.36. The summed E-state index contributed by atoms with van der Waals surface area (Å²) in [5.41, 5.74) is 0. The molecule has 2 atom stereocenters. The molecule has 2 aliphatic heterocycles. The van der Waals surface area contributed by atoms with Crippen molar-refractivity contribution in [2.45, 2.75) is 31.4 Å². The van der Waals surface area contributed by atoms with E-state index in [0.717, 1.165) is 24.2 Å². The molecule has 6 heteroatoms. The van der Waals surface area contributed by atoms with Crippen LogP contribution in [0.25, 0.3) is 0 Å². The molecule has 1 aromatic carbocycles. The second-order valence-corrected chi connectivity index (χ2v) is 5.71. The number of ether oxygens (including phenoxy) is 1. The largest absolute Gasteiger partial charge is 0.491 e. The highest BCUT2D eigenvalue weighted by Crippen LogP contribution is 2.26. The molecule has 0 bridgehead atoms. The van der Waals surface area contributed by atoms with Gasteiger partial charge in [-0.25, -0.2) is 4.79 Å². The first-order chi connectivity index (χ1) is 10.7. The number of amides is 3. The van der Waals surface area contributed by atoms with E-state index in [1.165, 1.54) is 0 Å². The minimum absolute atomic E-state index is 0.0164. The third-order valence-corrected chi connectivity index (χ3v) is 4.11. The Bertz CT molecular complexity index is 524. The number of piperidine rings is 1. The van der Waals surface area contributed by atoms with Crippen LogP contribution in [0.3, 0.4) is 0 Å². The quantitative estimate of drug-likeness (QED) is 0.831. The lowest BCUT2D eigenvalue weighted by molar-refractivity contribution is -0.129. The molecule has 2 fully saturated rings. The molecule has 2 aliphatic rings. The molecule has 22 heavy (non-hydrogen) atoms. The van der Waals surface area contributed by atoms with E-state index in [9.17, 15) is 14.7 Å². The minimum atomic E-state index is -0.894. The van der Waals surface area contributed by atoms with Crippen LogP contribution in [0.5, 0.6) is 5.75 Å². The first kappa shape index (κ1) is 14.8. The summed E-state index contributed by atoms with van der Waals surface area (Å²) in [6.07, 6.45) is 1.73. The summed E-state index contributed by atoms with van der Waals surface area (Å²) in [4.78, 5) is 27.3. The van der Waals surface area contributed by atoms with Crippen molar-refractivity contribution >= 4 is 11.9 Å². The van der Waals surface area contributed by atoms with Crippen molar-refractivity contribution in [2.75, 3.05) is 19.7 Å². The fourth-order valence-electron chi connectivity index (χ4n) is 2.99. The molecular weight excluding hydrogens is 284 g/mol. The number of nitrogens with zero attached hydrogens (tertiary/aromatic N) is 2. The average molecular weight is 304 g/mol. The Morgan fingerprint density at radius 1 is 1.23 bits per heavy atom. The molecule has 6 nitrogen and oxygen atoms in total. The van der Waals surface area contributed by atoms with Crippen molar-refractivity contribution in [1.29, 1.82) is 0 Å². The molecule has 1 N–H and O–H groups in total. The van der Waals surface area contributed by atoms with Gasteiger partial charge < -0.3 is 14.7 Å². The highest BCUT2D eigenvalue weighted by molar-refractivity contribution is 6.04. The molecule has 0 aliphatic carbocycles. The first-order valence-corrected chi connectivity index (χ1v) is 7.64. The second-order valence-electron chi connectivity index (χ2n) is 5.71. The smallest absolute Gasteiger partial charge is 0.327 e. The lowest BCUT2D eigenvalue weighted by Crippen LogP contribution is -2.40. The molecule has 0 saturated carbocycles. The van der Waals surface area contributed by atoms with Crippen LogP contribution < -0.4 is 4.74 Å². The van der Waals surface area contributed by atoms with E-state index in [0.29, 0.717) is 12.3 Å². The normalized spacial score (nSPS) is 22.7. The predicted octanol–water partition coefficient (Wildman–Crippen LogP) is 1.24. The molecule has 0 spiro atoms. The molecular formula is C16H20N2O4. The number of aliphatic hydroxyl groups excluding tert-OH is 1. The fraction of sp³-hybridized carbons (Fsp3) is 0.500. The third kappa shape index (κ3) is 2.92. The van der Waals surface area contributed by atoms with Gasteiger partial charge in [0.05, 0.1) is 6.54 Å². The van der Waals surface area contributed by atoms with Crippen LogP contribution in [-0.2, 0) is 4.79 Å². The molecule has 2 saturated heterocycles. The Labute approximate surface area is 129 Å². The first-order valence-electron chi connectivity index (χ1n) is 7.64. The lowest BCUT2D eigenvalue weighted by atomic mass is 10.0. The van der Waals surface area contributed by atoms with Crippen LogP contribution in [0.1, 0.15) is 19.3 Å². The van der Waals surface area contributed by atoms with Crippen molar-refractivity contribution in [2.24, 2.45) is 0 Å². The van der Waals surface area contributed by atoms with Crippen molar-refractivity contribution in [3.8, 4) is 5.75 Å². The monoisotopic (exact) mass is 304 g/mol. The Morgan fingerprint density at radius 3 is 2.73 bits per heavy atom. The molecule has 118 valence electrons. The number of urea groups is 1. The van der Waals surface area contributed by atoms with Gasteiger partial charge in [0.1, 0.15) is 24.5 Å². The van der Waals surface area contributed by atoms with Gasteiger partial charge in [0, 0.05) is 6.54 Å². The van der Waals surface area contributed by atoms with Crippen LogP contribution >= 0.6 is 0 Å². The summed E-state index contributed by atoms with van der Waals surface area (Å²) >= 11 is 0. The number of rotatable bonds is 5. The van der Waals surface area contributed by atoms with E-state index in [1.54, 1.807) is 17.0 Å². The average Bonchev–Trinajstić information content (AvgIpc) is 2.79. The standard InChI is InChI=1S/C16H20N2O4/c19-12(11-22-13-6-2-1-3-7-13)10-18-15(20)14-8-4-5-9-17(14)16(18)21/h1-3,6-7,12,14,19H,4-5,8-11H2/t12-,14-/m0/s1. The molecule has 3 amide bonds. The van der Waals surface area contributed by atoms with Crippen LogP contribution in [0.4, 0.5) is 4.79 Å². The van der Waals surface area contributed by atoms with E-state index in [2.05, 4.69) is 0 Å². The van der Waals surface area contributed by atoms with E-state index in [1.807, 2.05) is 18.2 Å². The summed E-state index contributed by atoms with van der Waals surface area (Å²) in [6.45, 7) is 0.658. The van der Waals surface area contributed by atoms with Gasteiger partial charge in [-0.15, -0.1) is 0 Å².